The monoisotopic (exact) mass is 90.0 g/mol. The van der Waals surface area contributed by atoms with E-state index in [4.69, 9.17) is 4.52 Å². The summed E-state index contributed by atoms with van der Waals surface area (Å²) < 4.78 is 5.00. The highest BCUT2D eigenvalue weighted by Gasteiger charge is 2.09. The van der Waals surface area contributed by atoms with Crippen LogP contribution in [0, 0.1) is 0 Å². The first-order valence-corrected chi connectivity index (χ1v) is 3.63. The van der Waals surface area contributed by atoms with Gasteiger partial charge in [-0.25, -0.2) is 0 Å². The van der Waals surface area contributed by atoms with Crippen LogP contribution in [0.4, 0.5) is 0 Å². The molecule has 30 valence electrons. The molecule has 1 aliphatic rings. The van der Waals surface area contributed by atoms with Crippen molar-refractivity contribution in [2.75, 3.05) is 19.4 Å². The minimum atomic E-state index is 0.0823. The van der Waals surface area contributed by atoms with Crippen LogP contribution in [-0.4, -0.2) is 19.4 Å². The molecule has 0 saturated carbocycles. The lowest BCUT2D eigenvalue weighted by Crippen LogP contribution is -2.06. The van der Waals surface area contributed by atoms with Gasteiger partial charge in [-0.2, -0.15) is 0 Å². The third-order valence-electron chi connectivity index (χ3n) is 0.718. The van der Waals surface area contributed by atoms with Gasteiger partial charge in [0.2, 0.25) is 0 Å². The molecule has 1 heterocycles. The molecule has 1 nitrogen and oxygen atoms in total. The molecule has 0 aromatic carbocycles. The van der Waals surface area contributed by atoms with Crippen molar-refractivity contribution in [1.82, 2.24) is 0 Å². The molecule has 0 spiro atoms. The summed E-state index contributed by atoms with van der Waals surface area (Å²) in [6.07, 6.45) is 1.33. The fraction of sp³-hybridized carbons (Fsp3) is 1.00. The largest absolute Gasteiger partial charge is 0.359 e. The van der Waals surface area contributed by atoms with Gasteiger partial charge >= 0.3 is 0 Å². The fourth-order valence-corrected chi connectivity index (χ4v) is 0.822. The van der Waals surface area contributed by atoms with E-state index in [9.17, 15) is 0 Å². The van der Waals surface area contributed by atoms with Crippen LogP contribution in [0.2, 0.25) is 0 Å². The van der Waals surface area contributed by atoms with Crippen molar-refractivity contribution in [3.8, 4) is 0 Å². The highest BCUT2D eigenvalue weighted by Crippen LogP contribution is 2.39. The maximum absolute atomic E-state index is 5.00. The molecule has 0 amide bonds. The Balaban J connectivity index is 2.08. The van der Waals surface area contributed by atoms with Crippen LogP contribution in [0.25, 0.3) is 0 Å². The Bertz CT molecular complexity index is 33.9. The summed E-state index contributed by atoms with van der Waals surface area (Å²) in [5, 5.41) is 0. The maximum Gasteiger partial charge on any atom is 0.0569 e. The smallest absolute Gasteiger partial charge is 0.0569 e. The lowest BCUT2D eigenvalue weighted by Gasteiger charge is -2.20. The second-order valence-electron chi connectivity index (χ2n) is 1.18. The van der Waals surface area contributed by atoms with E-state index >= 15 is 0 Å². The molecule has 1 atom stereocenters. The van der Waals surface area contributed by atoms with Gasteiger partial charge in [-0.1, -0.05) is 0 Å². The summed E-state index contributed by atoms with van der Waals surface area (Å²) in [7, 11) is 0.0823. The summed E-state index contributed by atoms with van der Waals surface area (Å²) >= 11 is 0. The van der Waals surface area contributed by atoms with Gasteiger partial charge in [0.25, 0.3) is 0 Å². The molecule has 0 aromatic rings. The Kier molecular flexibility index (Phi) is 0.884. The van der Waals surface area contributed by atoms with Crippen LogP contribution >= 0.6 is 8.15 Å². The van der Waals surface area contributed by atoms with Crippen LogP contribution in [0.5, 0.6) is 0 Å². The Labute approximate surface area is 33.2 Å². The van der Waals surface area contributed by atoms with E-state index in [2.05, 4.69) is 6.66 Å². The molecule has 1 fully saturated rings. The molecule has 0 aromatic heterocycles. The van der Waals surface area contributed by atoms with Gasteiger partial charge in [0.1, 0.15) is 0 Å². The topological polar surface area (TPSA) is 9.23 Å². The zero-order chi connectivity index (χ0) is 3.70. The van der Waals surface area contributed by atoms with Gasteiger partial charge in [0, 0.05) is 14.3 Å². The molecule has 0 aliphatic carbocycles. The predicted molar refractivity (Wildman–Crippen MR) is 23.7 cm³/mol. The normalized spacial score (nSPS) is 36.6. The Morgan fingerprint density at radius 2 is 2.20 bits per heavy atom. The van der Waals surface area contributed by atoms with Crippen LogP contribution in [0.15, 0.2) is 0 Å². The van der Waals surface area contributed by atoms with Crippen molar-refractivity contribution in [3.05, 3.63) is 0 Å². The summed E-state index contributed by atoms with van der Waals surface area (Å²) in [5.74, 6) is 0. The van der Waals surface area contributed by atoms with Crippen molar-refractivity contribution < 1.29 is 4.52 Å². The Morgan fingerprint density at radius 3 is 2.20 bits per heavy atom. The quantitative estimate of drug-likeness (QED) is 0.404. The minimum absolute atomic E-state index is 0.0823. The third-order valence-corrected chi connectivity index (χ3v) is 2.15. The van der Waals surface area contributed by atoms with Crippen LogP contribution in [0.1, 0.15) is 0 Å². The molecule has 2 heteroatoms. The predicted octanol–water partition coefficient (Wildman–Crippen LogP) is 1.04. The molecule has 0 bridgehead atoms. The van der Waals surface area contributed by atoms with E-state index in [1.807, 2.05) is 0 Å². The van der Waals surface area contributed by atoms with Gasteiger partial charge in [-0.05, 0) is 6.66 Å². The van der Waals surface area contributed by atoms with Crippen LogP contribution in [0.3, 0.4) is 0 Å². The lowest BCUT2D eigenvalue weighted by atomic mass is 10.9. The molecule has 0 radical (unpaired) electrons. The summed E-state index contributed by atoms with van der Waals surface area (Å²) in [4.78, 5) is 0. The highest BCUT2D eigenvalue weighted by atomic mass is 31.1. The van der Waals surface area contributed by atoms with E-state index in [1.54, 1.807) is 0 Å². The van der Waals surface area contributed by atoms with E-state index in [-0.39, 0.29) is 8.15 Å². The molecule has 1 saturated heterocycles. The summed E-state index contributed by atoms with van der Waals surface area (Å²) in [6, 6.07) is 0. The van der Waals surface area contributed by atoms with E-state index in [0.29, 0.717) is 0 Å². The zero-order valence-corrected chi connectivity index (χ0v) is 4.16. The van der Waals surface area contributed by atoms with Crippen LogP contribution in [-0.2, 0) is 4.52 Å². The molecule has 5 heavy (non-hydrogen) atoms. The Morgan fingerprint density at radius 1 is 1.80 bits per heavy atom. The second-order valence-corrected chi connectivity index (χ2v) is 3.15. The van der Waals surface area contributed by atoms with E-state index in [0.717, 1.165) is 6.61 Å². The summed E-state index contributed by atoms with van der Waals surface area (Å²) in [6.45, 7) is 3.17. The van der Waals surface area contributed by atoms with Crippen molar-refractivity contribution >= 4 is 8.15 Å². The average Bonchev–Trinajstić information content (AvgIpc) is 1.30. The van der Waals surface area contributed by atoms with Gasteiger partial charge in [0.05, 0.1) is 6.61 Å². The molecule has 1 unspecified atom stereocenters. The standard InChI is InChI=1S/C3H7OP/c1-5-3-2-4-5/h2-3H2,1H3. The lowest BCUT2D eigenvalue weighted by molar-refractivity contribution is 0.332. The first-order chi connectivity index (χ1) is 2.39. The SMILES string of the molecule is CP1CCO1. The first-order valence-electron chi connectivity index (χ1n) is 1.73. The zero-order valence-electron chi connectivity index (χ0n) is 3.27. The average molecular weight is 90.1 g/mol. The molecular weight excluding hydrogens is 83.0 g/mol. The fourth-order valence-electron chi connectivity index (χ4n) is 0.274. The first kappa shape index (κ1) is 3.58. The highest BCUT2D eigenvalue weighted by molar-refractivity contribution is 7.53. The van der Waals surface area contributed by atoms with Gasteiger partial charge in [-0.3, -0.25) is 0 Å². The number of rotatable bonds is 0. The number of hydrogen-bond acceptors (Lipinski definition) is 1. The van der Waals surface area contributed by atoms with Crippen LogP contribution < -0.4 is 0 Å². The van der Waals surface area contributed by atoms with Gasteiger partial charge in [-0.15, -0.1) is 0 Å². The van der Waals surface area contributed by atoms with E-state index in [1.165, 1.54) is 6.16 Å². The molecular formula is C3H7OP. The third kappa shape index (κ3) is 0.614. The van der Waals surface area contributed by atoms with E-state index < -0.39 is 0 Å². The maximum atomic E-state index is 5.00. The second kappa shape index (κ2) is 1.24. The van der Waals surface area contributed by atoms with Crippen molar-refractivity contribution in [3.63, 3.8) is 0 Å². The van der Waals surface area contributed by atoms with Crippen molar-refractivity contribution in [1.29, 1.82) is 0 Å². The minimum Gasteiger partial charge on any atom is -0.359 e. The summed E-state index contributed by atoms with van der Waals surface area (Å²) in [5.41, 5.74) is 0. The molecule has 0 N–H and O–H groups in total. The molecule has 1 aliphatic heterocycles. The van der Waals surface area contributed by atoms with Crippen molar-refractivity contribution in [2.45, 2.75) is 0 Å². The Hall–Kier alpha value is 0.390. The molecule has 1 rings (SSSR count). The van der Waals surface area contributed by atoms with Crippen molar-refractivity contribution in [2.24, 2.45) is 0 Å². The van der Waals surface area contributed by atoms with Gasteiger partial charge < -0.3 is 4.52 Å². The van der Waals surface area contributed by atoms with Gasteiger partial charge in [0.15, 0.2) is 0 Å². The number of hydrogen-bond donors (Lipinski definition) is 0.